The second-order valence-electron chi connectivity index (χ2n) is 6.40. The summed E-state index contributed by atoms with van der Waals surface area (Å²) in [6, 6.07) is 9.44. The van der Waals surface area contributed by atoms with E-state index in [9.17, 15) is 18.4 Å². The molecule has 0 aliphatic heterocycles. The highest BCUT2D eigenvalue weighted by atomic mass is 19.1. The lowest BCUT2D eigenvalue weighted by atomic mass is 10.1. The fourth-order valence-corrected chi connectivity index (χ4v) is 2.64. The minimum Gasteiger partial charge on any atom is -0.497 e. The van der Waals surface area contributed by atoms with Crippen LogP contribution in [0.15, 0.2) is 42.5 Å². The molecule has 2 amide bonds. The van der Waals surface area contributed by atoms with Crippen LogP contribution in [0.25, 0.3) is 0 Å². The highest BCUT2D eigenvalue weighted by molar-refractivity contribution is 5.92. The van der Waals surface area contributed by atoms with E-state index >= 15 is 0 Å². The minimum atomic E-state index is -0.722. The number of nitrogens with zero attached hydrogens (tertiary/aromatic N) is 1. The third-order valence-electron chi connectivity index (χ3n) is 4.01. The monoisotopic (exact) mass is 391 g/mol. The summed E-state index contributed by atoms with van der Waals surface area (Å²) in [5.41, 5.74) is 0.804. The number of hydrogen-bond acceptors (Lipinski definition) is 4. The third-order valence-corrected chi connectivity index (χ3v) is 4.01. The zero-order valence-corrected chi connectivity index (χ0v) is 16.0. The van der Waals surface area contributed by atoms with Gasteiger partial charge in [0.2, 0.25) is 11.8 Å². The molecule has 1 atom stereocenters. The molecule has 0 heterocycles. The predicted molar refractivity (Wildman–Crippen MR) is 102 cm³/mol. The number of anilines is 1. The van der Waals surface area contributed by atoms with Crippen molar-refractivity contribution in [1.29, 1.82) is 0 Å². The summed E-state index contributed by atoms with van der Waals surface area (Å²) in [6.07, 6.45) is 0. The quantitative estimate of drug-likeness (QED) is 0.726. The van der Waals surface area contributed by atoms with Crippen molar-refractivity contribution in [2.75, 3.05) is 32.6 Å². The van der Waals surface area contributed by atoms with Gasteiger partial charge in [0.05, 0.1) is 26.2 Å². The summed E-state index contributed by atoms with van der Waals surface area (Å²) in [7, 11) is 3.18. The van der Waals surface area contributed by atoms with Crippen LogP contribution in [0.3, 0.4) is 0 Å². The Hall–Kier alpha value is -3.00. The van der Waals surface area contributed by atoms with E-state index in [0.29, 0.717) is 11.4 Å². The second-order valence-corrected chi connectivity index (χ2v) is 6.40. The van der Waals surface area contributed by atoms with E-state index in [1.807, 2.05) is 0 Å². The Morgan fingerprint density at radius 1 is 1.07 bits per heavy atom. The average Bonchev–Trinajstić information content (AvgIpc) is 2.61. The van der Waals surface area contributed by atoms with Gasteiger partial charge in [-0.2, -0.15) is 0 Å². The van der Waals surface area contributed by atoms with Gasteiger partial charge in [0.15, 0.2) is 0 Å². The first-order valence-corrected chi connectivity index (χ1v) is 8.65. The molecule has 2 aromatic carbocycles. The highest BCUT2D eigenvalue weighted by Crippen LogP contribution is 2.17. The number of amides is 2. The Labute approximate surface area is 162 Å². The van der Waals surface area contributed by atoms with Crippen LogP contribution in [0.4, 0.5) is 14.5 Å². The van der Waals surface area contributed by atoms with Crippen LogP contribution >= 0.6 is 0 Å². The minimum absolute atomic E-state index is 0.00125. The number of rotatable bonds is 8. The summed E-state index contributed by atoms with van der Waals surface area (Å²) in [6.45, 7) is 1.55. The second kappa shape index (κ2) is 9.80. The maximum atomic E-state index is 13.8. The molecule has 8 heteroatoms. The number of carbonyl (C=O) groups excluding carboxylic acids is 2. The molecule has 28 heavy (non-hydrogen) atoms. The molecule has 2 aromatic rings. The smallest absolute Gasteiger partial charge is 0.238 e. The molecule has 0 unspecified atom stereocenters. The normalized spacial score (nSPS) is 11.8. The van der Waals surface area contributed by atoms with Gasteiger partial charge in [0, 0.05) is 17.3 Å². The van der Waals surface area contributed by atoms with Crippen molar-refractivity contribution in [3.63, 3.8) is 0 Å². The maximum absolute atomic E-state index is 13.8. The lowest BCUT2D eigenvalue weighted by Gasteiger charge is -2.19. The van der Waals surface area contributed by atoms with Crippen molar-refractivity contribution >= 4 is 17.5 Å². The van der Waals surface area contributed by atoms with Crippen LogP contribution in [0.1, 0.15) is 18.5 Å². The molecule has 0 spiro atoms. The molecule has 6 nitrogen and oxygen atoms in total. The molecular weight excluding hydrogens is 368 g/mol. The number of ether oxygens (including phenoxy) is 1. The number of likely N-dealkylation sites (N-methyl/N-ethyl adjacent to an activating group) is 1. The van der Waals surface area contributed by atoms with Crippen molar-refractivity contribution in [3.8, 4) is 5.75 Å². The van der Waals surface area contributed by atoms with Gasteiger partial charge in [-0.15, -0.1) is 0 Å². The Bertz CT molecular complexity index is 828. The van der Waals surface area contributed by atoms with Crippen molar-refractivity contribution < 1.29 is 23.1 Å². The zero-order valence-electron chi connectivity index (χ0n) is 16.0. The lowest BCUT2D eigenvalue weighted by Crippen LogP contribution is -2.39. The van der Waals surface area contributed by atoms with Crippen molar-refractivity contribution in [2.24, 2.45) is 0 Å². The molecule has 0 aliphatic carbocycles. The SMILES string of the molecule is COc1ccc(NC(=O)CN(C)CC(=O)N[C@@H](C)c2ccc(F)cc2F)cc1. The van der Waals surface area contributed by atoms with Crippen molar-refractivity contribution in [1.82, 2.24) is 10.2 Å². The highest BCUT2D eigenvalue weighted by Gasteiger charge is 2.16. The van der Waals surface area contributed by atoms with Crippen LogP contribution in [-0.2, 0) is 9.59 Å². The van der Waals surface area contributed by atoms with Crippen LogP contribution in [0.2, 0.25) is 0 Å². The first kappa shape index (κ1) is 21.3. The van der Waals surface area contributed by atoms with Gasteiger partial charge in [-0.25, -0.2) is 8.78 Å². The summed E-state index contributed by atoms with van der Waals surface area (Å²) in [5, 5.41) is 5.36. The van der Waals surface area contributed by atoms with E-state index in [1.165, 1.54) is 11.0 Å². The zero-order chi connectivity index (χ0) is 20.7. The standard InChI is InChI=1S/C20H23F2N3O3/c1-13(17-9-4-14(21)10-18(17)22)23-19(26)11-25(2)12-20(27)24-15-5-7-16(28-3)8-6-15/h4-10,13H,11-12H2,1-3H3,(H,23,26)(H,24,27)/t13-/m0/s1. The van der Waals surface area contributed by atoms with Crippen molar-refractivity contribution in [2.45, 2.75) is 13.0 Å². The molecule has 0 aliphatic rings. The molecule has 0 aromatic heterocycles. The Morgan fingerprint density at radius 3 is 2.32 bits per heavy atom. The first-order chi connectivity index (χ1) is 13.3. The summed E-state index contributed by atoms with van der Waals surface area (Å²) < 4.78 is 31.8. The molecule has 0 radical (unpaired) electrons. The predicted octanol–water partition coefficient (Wildman–Crippen LogP) is 2.72. The van der Waals surface area contributed by atoms with E-state index in [1.54, 1.807) is 45.3 Å². The summed E-state index contributed by atoms with van der Waals surface area (Å²) in [4.78, 5) is 25.7. The van der Waals surface area contributed by atoms with E-state index in [4.69, 9.17) is 4.74 Å². The summed E-state index contributed by atoms with van der Waals surface area (Å²) in [5.74, 6) is -1.38. The van der Waals surface area contributed by atoms with Crippen LogP contribution in [-0.4, -0.2) is 44.0 Å². The van der Waals surface area contributed by atoms with Gasteiger partial charge in [0.1, 0.15) is 17.4 Å². The van der Waals surface area contributed by atoms with Gasteiger partial charge in [0.25, 0.3) is 0 Å². The van der Waals surface area contributed by atoms with E-state index in [0.717, 1.165) is 12.1 Å². The van der Waals surface area contributed by atoms with E-state index < -0.39 is 17.7 Å². The number of carbonyl (C=O) groups is 2. The maximum Gasteiger partial charge on any atom is 0.238 e. The molecule has 0 saturated heterocycles. The third kappa shape index (κ3) is 6.31. The molecule has 0 bridgehead atoms. The molecule has 2 N–H and O–H groups in total. The fraction of sp³-hybridized carbons (Fsp3) is 0.300. The number of nitrogens with one attached hydrogen (secondary N) is 2. The van der Waals surface area contributed by atoms with Gasteiger partial charge in [-0.1, -0.05) is 6.07 Å². The first-order valence-electron chi connectivity index (χ1n) is 8.65. The fourth-order valence-electron chi connectivity index (χ4n) is 2.64. The molecule has 150 valence electrons. The molecule has 2 rings (SSSR count). The van der Waals surface area contributed by atoms with Gasteiger partial charge in [-0.3, -0.25) is 14.5 Å². The van der Waals surface area contributed by atoms with Crippen LogP contribution in [0.5, 0.6) is 5.75 Å². The number of benzene rings is 2. The van der Waals surface area contributed by atoms with Gasteiger partial charge >= 0.3 is 0 Å². The largest absolute Gasteiger partial charge is 0.497 e. The Kier molecular flexibility index (Phi) is 7.45. The number of methoxy groups -OCH3 is 1. The molecule has 0 saturated carbocycles. The Balaban J connectivity index is 1.81. The van der Waals surface area contributed by atoms with Crippen molar-refractivity contribution in [3.05, 3.63) is 59.7 Å². The Morgan fingerprint density at radius 2 is 1.71 bits per heavy atom. The van der Waals surface area contributed by atoms with Crippen LogP contribution < -0.4 is 15.4 Å². The number of hydrogen-bond donors (Lipinski definition) is 2. The average molecular weight is 391 g/mol. The molecule has 0 fully saturated rings. The molecular formula is C20H23F2N3O3. The van der Waals surface area contributed by atoms with Crippen LogP contribution in [0, 0.1) is 11.6 Å². The van der Waals surface area contributed by atoms with E-state index in [-0.39, 0.29) is 30.5 Å². The topological polar surface area (TPSA) is 70.7 Å². The van der Waals surface area contributed by atoms with Gasteiger partial charge in [-0.05, 0) is 44.3 Å². The number of halogens is 2. The van der Waals surface area contributed by atoms with Gasteiger partial charge < -0.3 is 15.4 Å². The lowest BCUT2D eigenvalue weighted by molar-refractivity contribution is -0.123. The summed E-state index contributed by atoms with van der Waals surface area (Å²) >= 11 is 0. The van der Waals surface area contributed by atoms with E-state index in [2.05, 4.69) is 10.6 Å².